The van der Waals surface area contributed by atoms with Crippen LogP contribution in [0.5, 0.6) is 0 Å². The topological polar surface area (TPSA) is 53.9 Å². The second kappa shape index (κ2) is 5.49. The van der Waals surface area contributed by atoms with Gasteiger partial charge in [-0.2, -0.15) is 0 Å². The van der Waals surface area contributed by atoms with Gasteiger partial charge >= 0.3 is 0 Å². The molecule has 0 aliphatic heterocycles. The lowest BCUT2D eigenvalue weighted by Gasteiger charge is -2.19. The lowest BCUT2D eigenvalue weighted by molar-refractivity contribution is 0.879. The van der Waals surface area contributed by atoms with Crippen LogP contribution in [0.3, 0.4) is 0 Å². The Labute approximate surface area is 115 Å². The highest BCUT2D eigenvalue weighted by molar-refractivity contribution is 7.09. The molecule has 0 fully saturated rings. The van der Waals surface area contributed by atoms with Gasteiger partial charge in [0.2, 0.25) is 0 Å². The molecule has 0 aliphatic carbocycles. The van der Waals surface area contributed by atoms with Crippen molar-refractivity contribution in [2.24, 2.45) is 0 Å². The Hall–Kier alpha value is -1.40. The van der Waals surface area contributed by atoms with Crippen LogP contribution in [0, 0.1) is 6.92 Å². The van der Waals surface area contributed by atoms with E-state index in [9.17, 15) is 0 Å². The van der Waals surface area contributed by atoms with E-state index in [0.717, 1.165) is 22.2 Å². The van der Waals surface area contributed by atoms with Gasteiger partial charge in [0.05, 0.1) is 6.54 Å². The van der Waals surface area contributed by atoms with Gasteiger partial charge in [-0.15, -0.1) is 11.3 Å². The standard InChI is InChI=1S/C11H14ClN5S/c1-7-5-18-8(16-7)4-17(3)11-9(13-2)10(12)14-6-15-11/h5-6,13H,4H2,1-3H3. The van der Waals surface area contributed by atoms with Crippen LogP contribution in [0.1, 0.15) is 10.7 Å². The number of hydrogen-bond donors (Lipinski definition) is 1. The molecule has 0 saturated heterocycles. The van der Waals surface area contributed by atoms with Gasteiger partial charge in [0.15, 0.2) is 11.0 Å². The summed E-state index contributed by atoms with van der Waals surface area (Å²) in [5.41, 5.74) is 1.77. The van der Waals surface area contributed by atoms with E-state index in [1.54, 1.807) is 18.4 Å². The van der Waals surface area contributed by atoms with Crippen molar-refractivity contribution in [3.63, 3.8) is 0 Å². The van der Waals surface area contributed by atoms with Crippen LogP contribution in [-0.2, 0) is 6.54 Å². The van der Waals surface area contributed by atoms with Gasteiger partial charge in [-0.1, -0.05) is 11.6 Å². The molecule has 18 heavy (non-hydrogen) atoms. The molecule has 0 amide bonds. The highest BCUT2D eigenvalue weighted by Gasteiger charge is 2.13. The maximum atomic E-state index is 6.03. The molecule has 0 aliphatic rings. The largest absolute Gasteiger partial charge is 0.383 e. The Balaban J connectivity index is 2.23. The van der Waals surface area contributed by atoms with E-state index >= 15 is 0 Å². The van der Waals surface area contributed by atoms with E-state index in [4.69, 9.17) is 11.6 Å². The Kier molecular flexibility index (Phi) is 3.98. The van der Waals surface area contributed by atoms with Crippen molar-refractivity contribution in [2.45, 2.75) is 13.5 Å². The molecule has 2 rings (SSSR count). The second-order valence-corrected chi connectivity index (χ2v) is 5.15. The molecule has 2 aromatic rings. The van der Waals surface area contributed by atoms with Gasteiger partial charge in [-0.05, 0) is 6.92 Å². The van der Waals surface area contributed by atoms with Crippen molar-refractivity contribution in [1.29, 1.82) is 0 Å². The summed E-state index contributed by atoms with van der Waals surface area (Å²) in [6.45, 7) is 2.68. The summed E-state index contributed by atoms with van der Waals surface area (Å²) < 4.78 is 0. The predicted molar refractivity (Wildman–Crippen MR) is 75.5 cm³/mol. The predicted octanol–water partition coefficient (Wildman–Crippen LogP) is 2.57. The van der Waals surface area contributed by atoms with E-state index in [1.807, 2.05) is 24.3 Å². The zero-order valence-corrected chi connectivity index (χ0v) is 12.0. The molecule has 0 saturated carbocycles. The Morgan fingerprint density at radius 2 is 2.22 bits per heavy atom. The number of rotatable bonds is 4. The third-order valence-corrected chi connectivity index (χ3v) is 3.67. The minimum Gasteiger partial charge on any atom is -0.383 e. The molecule has 2 aromatic heterocycles. The molecule has 0 spiro atoms. The Morgan fingerprint density at radius 3 is 2.83 bits per heavy atom. The molecule has 96 valence electrons. The lowest BCUT2D eigenvalue weighted by atomic mass is 10.4. The maximum absolute atomic E-state index is 6.03. The minimum atomic E-state index is 0.421. The summed E-state index contributed by atoms with van der Waals surface area (Å²) in [5, 5.41) is 6.53. The van der Waals surface area contributed by atoms with Gasteiger partial charge in [0.1, 0.15) is 17.0 Å². The molecule has 1 N–H and O–H groups in total. The minimum absolute atomic E-state index is 0.421. The Bertz CT molecular complexity index is 542. The van der Waals surface area contributed by atoms with Gasteiger partial charge in [0, 0.05) is 25.2 Å². The molecule has 0 aromatic carbocycles. The van der Waals surface area contributed by atoms with Crippen LogP contribution in [0.2, 0.25) is 5.15 Å². The fraction of sp³-hybridized carbons (Fsp3) is 0.364. The fourth-order valence-corrected chi connectivity index (χ4v) is 2.66. The summed E-state index contributed by atoms with van der Waals surface area (Å²) >= 11 is 7.67. The average molecular weight is 284 g/mol. The smallest absolute Gasteiger partial charge is 0.157 e. The van der Waals surface area contributed by atoms with Crippen LogP contribution < -0.4 is 10.2 Å². The van der Waals surface area contributed by atoms with Gasteiger partial charge in [-0.25, -0.2) is 15.0 Å². The molecule has 2 heterocycles. The molecule has 0 unspecified atom stereocenters. The van der Waals surface area contributed by atoms with E-state index < -0.39 is 0 Å². The number of halogens is 1. The van der Waals surface area contributed by atoms with E-state index in [-0.39, 0.29) is 0 Å². The van der Waals surface area contributed by atoms with Gasteiger partial charge in [0.25, 0.3) is 0 Å². The van der Waals surface area contributed by atoms with Crippen molar-refractivity contribution in [3.8, 4) is 0 Å². The van der Waals surface area contributed by atoms with Crippen molar-refractivity contribution in [2.75, 3.05) is 24.3 Å². The number of aromatic nitrogens is 3. The molecule has 0 atom stereocenters. The first kappa shape index (κ1) is 13.0. The first-order chi connectivity index (χ1) is 8.61. The molecule has 7 heteroatoms. The Morgan fingerprint density at radius 1 is 1.44 bits per heavy atom. The van der Waals surface area contributed by atoms with Crippen molar-refractivity contribution in [3.05, 3.63) is 27.6 Å². The highest BCUT2D eigenvalue weighted by atomic mass is 35.5. The zero-order valence-electron chi connectivity index (χ0n) is 10.4. The number of hydrogen-bond acceptors (Lipinski definition) is 6. The van der Waals surface area contributed by atoms with Crippen molar-refractivity contribution < 1.29 is 0 Å². The number of aryl methyl sites for hydroxylation is 1. The van der Waals surface area contributed by atoms with Crippen molar-refractivity contribution >= 4 is 34.4 Å². The summed E-state index contributed by atoms with van der Waals surface area (Å²) in [6, 6.07) is 0. The normalized spacial score (nSPS) is 10.4. The number of thiazole rings is 1. The van der Waals surface area contributed by atoms with Crippen LogP contribution >= 0.6 is 22.9 Å². The first-order valence-electron chi connectivity index (χ1n) is 5.42. The molecular weight excluding hydrogens is 270 g/mol. The SMILES string of the molecule is CNc1c(Cl)ncnc1N(C)Cc1nc(C)cs1. The average Bonchev–Trinajstić information content (AvgIpc) is 2.74. The number of anilines is 2. The molecule has 0 radical (unpaired) electrons. The monoisotopic (exact) mass is 283 g/mol. The van der Waals surface area contributed by atoms with Crippen molar-refractivity contribution in [1.82, 2.24) is 15.0 Å². The highest BCUT2D eigenvalue weighted by Crippen LogP contribution is 2.28. The number of nitrogens with zero attached hydrogens (tertiary/aromatic N) is 4. The third kappa shape index (κ3) is 2.70. The quantitative estimate of drug-likeness (QED) is 0.874. The summed E-state index contributed by atoms with van der Waals surface area (Å²) in [5.74, 6) is 0.769. The third-order valence-electron chi connectivity index (χ3n) is 2.43. The van der Waals surface area contributed by atoms with E-state index in [0.29, 0.717) is 11.7 Å². The summed E-state index contributed by atoms with van der Waals surface area (Å²) in [6.07, 6.45) is 1.46. The lowest BCUT2D eigenvalue weighted by Crippen LogP contribution is -2.19. The molecule has 0 bridgehead atoms. The van der Waals surface area contributed by atoms with E-state index in [1.165, 1.54) is 6.33 Å². The van der Waals surface area contributed by atoms with Crippen LogP contribution in [0.4, 0.5) is 11.5 Å². The fourth-order valence-electron chi connectivity index (χ4n) is 1.61. The van der Waals surface area contributed by atoms with Gasteiger partial charge < -0.3 is 10.2 Å². The van der Waals surface area contributed by atoms with Gasteiger partial charge in [-0.3, -0.25) is 0 Å². The zero-order chi connectivity index (χ0) is 13.1. The van der Waals surface area contributed by atoms with Crippen LogP contribution in [0.15, 0.2) is 11.7 Å². The van der Waals surface area contributed by atoms with E-state index in [2.05, 4.69) is 20.3 Å². The first-order valence-corrected chi connectivity index (χ1v) is 6.68. The van der Waals surface area contributed by atoms with Crippen LogP contribution in [-0.4, -0.2) is 29.0 Å². The van der Waals surface area contributed by atoms with Crippen LogP contribution in [0.25, 0.3) is 0 Å². The molecule has 5 nitrogen and oxygen atoms in total. The maximum Gasteiger partial charge on any atom is 0.157 e. The summed E-state index contributed by atoms with van der Waals surface area (Å²) in [4.78, 5) is 14.6. The summed E-state index contributed by atoms with van der Waals surface area (Å²) in [7, 11) is 3.76. The molecular formula is C11H14ClN5S. The number of nitrogens with one attached hydrogen (secondary N) is 1. The second-order valence-electron chi connectivity index (χ2n) is 3.85.